The lowest BCUT2D eigenvalue weighted by molar-refractivity contribution is -0.138. The van der Waals surface area contributed by atoms with Crippen molar-refractivity contribution in [2.75, 3.05) is 7.11 Å². The second-order valence-corrected chi connectivity index (χ2v) is 5.85. The predicted molar refractivity (Wildman–Crippen MR) is 92.5 cm³/mol. The second-order valence-electron chi connectivity index (χ2n) is 5.85. The quantitative estimate of drug-likeness (QED) is 0.775. The van der Waals surface area contributed by atoms with Gasteiger partial charge in [0.15, 0.2) is 6.10 Å². The highest BCUT2D eigenvalue weighted by atomic mass is 19.4. The van der Waals surface area contributed by atoms with Gasteiger partial charge in [0.1, 0.15) is 6.04 Å². The molecule has 8 heteroatoms. The number of amides is 2. The Bertz CT molecular complexity index is 794. The molecule has 0 saturated carbocycles. The van der Waals surface area contributed by atoms with Crippen molar-refractivity contribution in [2.24, 2.45) is 5.73 Å². The van der Waals surface area contributed by atoms with Crippen molar-refractivity contribution >= 4 is 11.8 Å². The molecule has 0 aliphatic rings. The van der Waals surface area contributed by atoms with Gasteiger partial charge in [-0.05, 0) is 17.2 Å². The Morgan fingerprint density at radius 1 is 1.07 bits per heavy atom. The molecule has 2 atom stereocenters. The first-order valence-electron chi connectivity index (χ1n) is 8.06. The number of carbonyl (C=O) groups excluding carboxylic acids is 2. The minimum absolute atomic E-state index is 0.136. The summed E-state index contributed by atoms with van der Waals surface area (Å²) in [6.45, 7) is 0. The summed E-state index contributed by atoms with van der Waals surface area (Å²) in [6, 6.07) is 12.0. The van der Waals surface area contributed by atoms with Gasteiger partial charge in [0.2, 0.25) is 5.91 Å². The first-order chi connectivity index (χ1) is 12.7. The van der Waals surface area contributed by atoms with Gasteiger partial charge in [-0.2, -0.15) is 13.2 Å². The third-order valence-corrected chi connectivity index (χ3v) is 3.98. The maximum absolute atomic E-state index is 13.1. The van der Waals surface area contributed by atoms with Crippen LogP contribution in [0.3, 0.4) is 0 Å². The third kappa shape index (κ3) is 5.30. The van der Waals surface area contributed by atoms with Crippen molar-refractivity contribution in [3.05, 3.63) is 71.3 Å². The summed E-state index contributed by atoms with van der Waals surface area (Å²) in [5.74, 6) is -1.61. The summed E-state index contributed by atoms with van der Waals surface area (Å²) < 4.78 is 44.6. The molecular weight excluding hydrogens is 361 g/mol. The molecule has 5 nitrogen and oxygen atoms in total. The fourth-order valence-electron chi connectivity index (χ4n) is 2.69. The van der Waals surface area contributed by atoms with E-state index in [-0.39, 0.29) is 12.0 Å². The van der Waals surface area contributed by atoms with Gasteiger partial charge in [-0.1, -0.05) is 48.5 Å². The Morgan fingerprint density at radius 2 is 1.67 bits per heavy atom. The van der Waals surface area contributed by atoms with Gasteiger partial charge >= 0.3 is 6.18 Å². The highest BCUT2D eigenvalue weighted by molar-refractivity contribution is 5.89. The number of primary amides is 1. The van der Waals surface area contributed by atoms with E-state index >= 15 is 0 Å². The molecule has 27 heavy (non-hydrogen) atoms. The van der Waals surface area contributed by atoms with E-state index < -0.39 is 35.7 Å². The smallest absolute Gasteiger partial charge is 0.368 e. The number of benzene rings is 2. The summed E-state index contributed by atoms with van der Waals surface area (Å²) in [5.41, 5.74) is 4.82. The maximum atomic E-state index is 13.1. The largest absolute Gasteiger partial charge is 0.416 e. The highest BCUT2D eigenvalue weighted by Crippen LogP contribution is 2.32. The molecule has 0 aliphatic heterocycles. The molecule has 0 heterocycles. The number of halogens is 3. The van der Waals surface area contributed by atoms with E-state index in [0.29, 0.717) is 5.56 Å². The van der Waals surface area contributed by atoms with Crippen molar-refractivity contribution in [1.29, 1.82) is 0 Å². The molecule has 0 radical (unpaired) electrons. The molecule has 2 rings (SSSR count). The van der Waals surface area contributed by atoms with Crippen LogP contribution < -0.4 is 11.1 Å². The van der Waals surface area contributed by atoms with Crippen molar-refractivity contribution in [3.63, 3.8) is 0 Å². The number of nitrogens with two attached hydrogens (primary N) is 1. The Kier molecular flexibility index (Phi) is 6.57. The maximum Gasteiger partial charge on any atom is 0.416 e. The molecule has 2 aromatic carbocycles. The van der Waals surface area contributed by atoms with Gasteiger partial charge in [0.25, 0.3) is 5.91 Å². The third-order valence-electron chi connectivity index (χ3n) is 3.98. The van der Waals surface area contributed by atoms with Crippen LogP contribution in [0.5, 0.6) is 0 Å². The van der Waals surface area contributed by atoms with Crippen LogP contribution in [0, 0.1) is 0 Å². The molecule has 2 amide bonds. The summed E-state index contributed by atoms with van der Waals surface area (Å²) in [6.07, 6.45) is -5.99. The summed E-state index contributed by atoms with van der Waals surface area (Å²) in [7, 11) is 1.31. The Morgan fingerprint density at radius 3 is 2.22 bits per heavy atom. The molecule has 144 valence electrons. The van der Waals surface area contributed by atoms with Gasteiger partial charge in [-0.3, -0.25) is 9.59 Å². The molecule has 2 aromatic rings. The minimum Gasteiger partial charge on any atom is -0.368 e. The van der Waals surface area contributed by atoms with Gasteiger partial charge in [0.05, 0.1) is 5.56 Å². The summed E-state index contributed by atoms with van der Waals surface area (Å²) in [5, 5.41) is 2.39. The van der Waals surface area contributed by atoms with E-state index in [0.717, 1.165) is 6.07 Å². The van der Waals surface area contributed by atoms with Crippen LogP contribution in [0.25, 0.3) is 0 Å². The Hall–Kier alpha value is -2.87. The zero-order valence-electron chi connectivity index (χ0n) is 14.5. The highest BCUT2D eigenvalue weighted by Gasteiger charge is 2.34. The van der Waals surface area contributed by atoms with Crippen molar-refractivity contribution in [2.45, 2.75) is 24.7 Å². The monoisotopic (exact) mass is 380 g/mol. The van der Waals surface area contributed by atoms with E-state index in [2.05, 4.69) is 5.32 Å². The number of ether oxygens (including phenoxy) is 1. The summed E-state index contributed by atoms with van der Waals surface area (Å²) >= 11 is 0. The molecule has 3 N–H and O–H groups in total. The lowest BCUT2D eigenvalue weighted by Crippen LogP contribution is -2.47. The summed E-state index contributed by atoms with van der Waals surface area (Å²) in [4.78, 5) is 24.2. The van der Waals surface area contributed by atoms with Crippen LogP contribution in [-0.2, 0) is 26.9 Å². The van der Waals surface area contributed by atoms with Crippen molar-refractivity contribution in [1.82, 2.24) is 5.32 Å². The second kappa shape index (κ2) is 8.68. The average molecular weight is 380 g/mol. The molecule has 0 fully saturated rings. The lowest BCUT2D eigenvalue weighted by atomic mass is 9.99. The van der Waals surface area contributed by atoms with E-state index in [1.807, 2.05) is 0 Å². The van der Waals surface area contributed by atoms with Crippen LogP contribution >= 0.6 is 0 Å². The molecule has 0 aromatic heterocycles. The number of carbonyl (C=O) groups is 2. The number of nitrogens with one attached hydrogen (secondary N) is 1. The van der Waals surface area contributed by atoms with E-state index in [1.165, 1.54) is 25.3 Å². The van der Waals surface area contributed by atoms with Crippen LogP contribution in [0.4, 0.5) is 13.2 Å². The minimum atomic E-state index is -4.58. The number of hydrogen-bond acceptors (Lipinski definition) is 3. The molecular formula is C19H19F3N2O3. The molecule has 0 spiro atoms. The standard InChI is InChI=1S/C19H19F3N2O3/c1-27-16(12-7-3-2-4-8-12)18(26)24-15(17(23)25)11-13-9-5-6-10-14(13)19(20,21)22/h2-10,15-16H,11H2,1H3,(H2,23,25)(H,24,26)/t15-,16+/m1/s1. The average Bonchev–Trinajstić information content (AvgIpc) is 2.62. The number of methoxy groups -OCH3 is 1. The molecule has 0 bridgehead atoms. The fourth-order valence-corrected chi connectivity index (χ4v) is 2.69. The molecule has 0 unspecified atom stereocenters. The van der Waals surface area contributed by atoms with E-state index in [1.54, 1.807) is 30.3 Å². The topological polar surface area (TPSA) is 81.4 Å². The SMILES string of the molecule is CO[C@H](C(=O)N[C@H](Cc1ccccc1C(F)(F)F)C(N)=O)c1ccccc1. The van der Waals surface area contributed by atoms with Crippen LogP contribution in [0.2, 0.25) is 0 Å². The number of rotatable bonds is 7. The van der Waals surface area contributed by atoms with Crippen LogP contribution in [0.1, 0.15) is 22.8 Å². The van der Waals surface area contributed by atoms with Crippen LogP contribution in [0.15, 0.2) is 54.6 Å². The van der Waals surface area contributed by atoms with Gasteiger partial charge in [-0.25, -0.2) is 0 Å². The molecule has 0 aliphatic carbocycles. The molecule has 0 saturated heterocycles. The normalized spacial score (nSPS) is 13.6. The van der Waals surface area contributed by atoms with Gasteiger partial charge in [-0.15, -0.1) is 0 Å². The predicted octanol–water partition coefficient (Wildman–Crippen LogP) is 2.61. The number of alkyl halides is 3. The van der Waals surface area contributed by atoms with E-state index in [4.69, 9.17) is 10.5 Å². The van der Waals surface area contributed by atoms with Gasteiger partial charge in [0, 0.05) is 13.5 Å². The Labute approximate surface area is 154 Å². The first-order valence-corrected chi connectivity index (χ1v) is 8.06. The zero-order valence-corrected chi connectivity index (χ0v) is 14.5. The van der Waals surface area contributed by atoms with Gasteiger partial charge < -0.3 is 15.8 Å². The lowest BCUT2D eigenvalue weighted by Gasteiger charge is -2.21. The van der Waals surface area contributed by atoms with E-state index in [9.17, 15) is 22.8 Å². The van der Waals surface area contributed by atoms with Crippen molar-refractivity contribution in [3.8, 4) is 0 Å². The Balaban J connectivity index is 2.22. The zero-order chi connectivity index (χ0) is 20.0. The number of hydrogen-bond donors (Lipinski definition) is 2. The van der Waals surface area contributed by atoms with Crippen molar-refractivity contribution < 1.29 is 27.5 Å². The fraction of sp³-hybridized carbons (Fsp3) is 0.263. The first kappa shape index (κ1) is 20.4. The van der Waals surface area contributed by atoms with Crippen LogP contribution in [-0.4, -0.2) is 25.0 Å².